The molecule has 7 nitrogen and oxygen atoms in total. The number of amides is 1. The minimum Gasteiger partial charge on any atom is -0.493 e. The highest BCUT2D eigenvalue weighted by Gasteiger charge is 2.31. The summed E-state index contributed by atoms with van der Waals surface area (Å²) in [5, 5.41) is 2.23. The number of nitrogens with zero attached hydrogens (tertiary/aromatic N) is 2. The van der Waals surface area contributed by atoms with Crippen LogP contribution in [0.5, 0.6) is 5.75 Å². The Hall–Kier alpha value is -2.39. The third-order valence-corrected chi connectivity index (χ3v) is 6.00. The van der Waals surface area contributed by atoms with E-state index in [4.69, 9.17) is 4.74 Å². The van der Waals surface area contributed by atoms with Crippen molar-refractivity contribution in [1.29, 1.82) is 0 Å². The van der Waals surface area contributed by atoms with Gasteiger partial charge in [-0.1, -0.05) is 36.9 Å². The van der Waals surface area contributed by atoms with Crippen molar-refractivity contribution in [3.8, 4) is 5.75 Å². The summed E-state index contributed by atoms with van der Waals surface area (Å²) < 4.78 is 31.8. The highest BCUT2D eigenvalue weighted by atomic mass is 32.2. The fourth-order valence-electron chi connectivity index (χ4n) is 2.75. The lowest BCUT2D eigenvalue weighted by Crippen LogP contribution is -2.26. The zero-order valence-corrected chi connectivity index (χ0v) is 17.9. The van der Waals surface area contributed by atoms with Gasteiger partial charge in [-0.2, -0.15) is 0 Å². The Bertz CT molecular complexity index is 987. The molecule has 0 aliphatic carbocycles. The lowest BCUT2D eigenvalue weighted by molar-refractivity contribution is -0.118. The van der Waals surface area contributed by atoms with Crippen LogP contribution in [0.4, 0.5) is 0 Å². The summed E-state index contributed by atoms with van der Waals surface area (Å²) in [6.45, 7) is 2.63. The molecule has 1 atom stereocenters. The molecule has 2 heterocycles. The SMILES string of the molecule is CCc1ccc(CCOc2ccc(CC3S/C(=N\S(C)(=O)=O)NC3=O)cc2)nc1. The van der Waals surface area contributed by atoms with Gasteiger partial charge in [-0.15, -0.1) is 4.40 Å². The topological polar surface area (TPSA) is 97.7 Å². The standard InChI is InChI=1S/C20H23N3O4S2/c1-3-14-4-7-16(21-13-14)10-11-27-17-8-5-15(6-9-17)12-18-19(24)22-20(28-18)23-29(2,25)26/h4-9,13,18H,3,10-12H2,1-2H3,(H,22,23,24). The normalized spacial score (nSPS) is 18.1. The van der Waals surface area contributed by atoms with E-state index >= 15 is 0 Å². The fourth-order valence-corrected chi connectivity index (χ4v) is 4.55. The smallest absolute Gasteiger partial charge is 0.252 e. The van der Waals surface area contributed by atoms with E-state index in [9.17, 15) is 13.2 Å². The predicted molar refractivity (Wildman–Crippen MR) is 115 cm³/mol. The molecule has 0 radical (unpaired) electrons. The fraction of sp³-hybridized carbons (Fsp3) is 0.350. The number of thioether (sulfide) groups is 1. The van der Waals surface area contributed by atoms with Crippen molar-refractivity contribution in [2.24, 2.45) is 4.40 Å². The predicted octanol–water partition coefficient (Wildman–Crippen LogP) is 2.36. The third-order valence-electron chi connectivity index (χ3n) is 4.29. The molecular weight excluding hydrogens is 410 g/mol. The van der Waals surface area contributed by atoms with E-state index in [2.05, 4.69) is 27.7 Å². The molecule has 1 unspecified atom stereocenters. The molecule has 0 bridgehead atoms. The minimum absolute atomic E-state index is 0.128. The quantitative estimate of drug-likeness (QED) is 0.686. The number of carbonyl (C=O) groups excluding carboxylic acids is 1. The first-order valence-corrected chi connectivity index (χ1v) is 12.0. The maximum absolute atomic E-state index is 12.0. The number of aromatic nitrogens is 1. The first-order chi connectivity index (χ1) is 13.8. The van der Waals surface area contributed by atoms with Gasteiger partial charge in [0.25, 0.3) is 10.0 Å². The summed E-state index contributed by atoms with van der Waals surface area (Å²) in [4.78, 5) is 16.4. The molecule has 1 aromatic carbocycles. The van der Waals surface area contributed by atoms with Gasteiger partial charge in [0.1, 0.15) is 5.75 Å². The Kier molecular flexibility index (Phi) is 6.92. The molecule has 1 N–H and O–H groups in total. The summed E-state index contributed by atoms with van der Waals surface area (Å²) in [6.07, 6.45) is 5.08. The summed E-state index contributed by atoms with van der Waals surface area (Å²) in [6, 6.07) is 11.7. The van der Waals surface area contributed by atoms with Crippen LogP contribution >= 0.6 is 11.8 Å². The Balaban J connectivity index is 1.50. The van der Waals surface area contributed by atoms with Crippen LogP contribution in [0.1, 0.15) is 23.7 Å². The van der Waals surface area contributed by atoms with E-state index < -0.39 is 15.3 Å². The van der Waals surface area contributed by atoms with Crippen LogP contribution in [0.25, 0.3) is 0 Å². The maximum atomic E-state index is 12.0. The first-order valence-electron chi connectivity index (χ1n) is 9.25. The average Bonchev–Trinajstić information content (AvgIpc) is 3.00. The summed E-state index contributed by atoms with van der Waals surface area (Å²) in [5.74, 6) is 0.515. The molecule has 1 saturated heterocycles. The number of sulfonamides is 1. The van der Waals surface area contributed by atoms with Crippen LogP contribution in [0.2, 0.25) is 0 Å². The van der Waals surface area contributed by atoms with Crippen molar-refractivity contribution in [2.75, 3.05) is 12.9 Å². The number of pyridine rings is 1. The molecular formula is C20H23N3O4S2. The molecule has 0 saturated carbocycles. The van der Waals surface area contributed by atoms with E-state index in [1.807, 2.05) is 36.5 Å². The molecule has 0 spiro atoms. The van der Waals surface area contributed by atoms with Crippen LogP contribution in [0.15, 0.2) is 47.0 Å². The average molecular weight is 434 g/mol. The van der Waals surface area contributed by atoms with Crippen LogP contribution in [0, 0.1) is 0 Å². The van der Waals surface area contributed by atoms with Crippen molar-refractivity contribution in [2.45, 2.75) is 31.4 Å². The van der Waals surface area contributed by atoms with Gasteiger partial charge in [-0.3, -0.25) is 9.78 Å². The van der Waals surface area contributed by atoms with Gasteiger partial charge in [0, 0.05) is 18.3 Å². The van der Waals surface area contributed by atoms with E-state index in [0.717, 1.165) is 47.9 Å². The second-order valence-electron chi connectivity index (χ2n) is 6.68. The zero-order chi connectivity index (χ0) is 20.9. The van der Waals surface area contributed by atoms with Crippen molar-refractivity contribution >= 4 is 32.9 Å². The Morgan fingerprint density at radius 1 is 1.17 bits per heavy atom. The Labute approximate surface area is 175 Å². The van der Waals surface area contributed by atoms with E-state index in [1.165, 1.54) is 5.56 Å². The monoisotopic (exact) mass is 433 g/mol. The van der Waals surface area contributed by atoms with Crippen molar-refractivity contribution in [1.82, 2.24) is 10.3 Å². The molecule has 1 aliphatic rings. The first kappa shape index (κ1) is 21.3. The highest BCUT2D eigenvalue weighted by molar-refractivity contribution is 8.16. The van der Waals surface area contributed by atoms with Gasteiger partial charge in [-0.05, 0) is 42.2 Å². The van der Waals surface area contributed by atoms with Crippen LogP contribution in [0.3, 0.4) is 0 Å². The van der Waals surface area contributed by atoms with Gasteiger partial charge < -0.3 is 10.1 Å². The number of amidine groups is 1. The van der Waals surface area contributed by atoms with E-state index in [-0.39, 0.29) is 11.1 Å². The largest absolute Gasteiger partial charge is 0.493 e. The van der Waals surface area contributed by atoms with Crippen LogP contribution in [-0.4, -0.2) is 42.6 Å². The minimum atomic E-state index is -3.53. The van der Waals surface area contributed by atoms with Gasteiger partial charge >= 0.3 is 0 Å². The zero-order valence-electron chi connectivity index (χ0n) is 16.3. The molecule has 154 valence electrons. The van der Waals surface area contributed by atoms with Gasteiger partial charge in [0.2, 0.25) is 5.91 Å². The summed E-state index contributed by atoms with van der Waals surface area (Å²) >= 11 is 1.13. The number of aryl methyl sites for hydroxylation is 1. The summed E-state index contributed by atoms with van der Waals surface area (Å²) in [7, 11) is -3.53. The Morgan fingerprint density at radius 3 is 2.52 bits per heavy atom. The van der Waals surface area contributed by atoms with Crippen LogP contribution in [-0.2, 0) is 34.1 Å². The molecule has 1 amide bonds. The number of hydrogen-bond acceptors (Lipinski definition) is 6. The van der Waals surface area contributed by atoms with Crippen molar-refractivity contribution < 1.29 is 17.9 Å². The molecule has 1 fully saturated rings. The number of benzene rings is 1. The molecule has 2 aromatic rings. The lowest BCUT2D eigenvalue weighted by Gasteiger charge is -2.09. The van der Waals surface area contributed by atoms with E-state index in [1.54, 1.807) is 0 Å². The molecule has 29 heavy (non-hydrogen) atoms. The van der Waals surface area contributed by atoms with Crippen LogP contribution < -0.4 is 10.1 Å². The third kappa shape index (κ3) is 6.57. The number of nitrogens with one attached hydrogen (secondary N) is 1. The molecule has 3 rings (SSSR count). The molecule has 1 aromatic heterocycles. The highest BCUT2D eigenvalue weighted by Crippen LogP contribution is 2.24. The van der Waals surface area contributed by atoms with Crippen molar-refractivity contribution in [3.63, 3.8) is 0 Å². The second-order valence-corrected chi connectivity index (χ2v) is 9.52. The Morgan fingerprint density at radius 2 is 1.90 bits per heavy atom. The number of carbonyl (C=O) groups is 1. The number of rotatable bonds is 8. The summed E-state index contributed by atoms with van der Waals surface area (Å²) in [5.41, 5.74) is 3.17. The second kappa shape index (κ2) is 9.41. The number of hydrogen-bond donors (Lipinski definition) is 1. The van der Waals surface area contributed by atoms with Crippen molar-refractivity contribution in [3.05, 3.63) is 59.4 Å². The molecule has 9 heteroatoms. The van der Waals surface area contributed by atoms with E-state index in [0.29, 0.717) is 13.0 Å². The molecule has 1 aliphatic heterocycles. The van der Waals surface area contributed by atoms with Gasteiger partial charge in [-0.25, -0.2) is 8.42 Å². The maximum Gasteiger partial charge on any atom is 0.252 e. The number of ether oxygens (including phenoxy) is 1. The van der Waals surface area contributed by atoms with Gasteiger partial charge in [0.05, 0.1) is 18.1 Å². The lowest BCUT2D eigenvalue weighted by atomic mass is 10.1. The van der Waals surface area contributed by atoms with Gasteiger partial charge in [0.15, 0.2) is 5.17 Å².